The molecular weight excluding hydrogens is 306 g/mol. The summed E-state index contributed by atoms with van der Waals surface area (Å²) in [7, 11) is 1.85. The monoisotopic (exact) mass is 329 g/mol. The maximum atomic E-state index is 12.6. The van der Waals surface area contributed by atoms with E-state index >= 15 is 0 Å². The molecule has 1 aliphatic heterocycles. The summed E-state index contributed by atoms with van der Waals surface area (Å²) in [6, 6.07) is 4.13. The van der Waals surface area contributed by atoms with Crippen molar-refractivity contribution in [3.05, 3.63) is 35.6 Å². The number of rotatable bonds is 6. The first-order valence-corrected chi connectivity index (χ1v) is 8.46. The number of pyridine rings is 1. The van der Waals surface area contributed by atoms with Crippen LogP contribution >= 0.6 is 0 Å². The number of likely N-dealkylation sites (tertiary alicyclic amines) is 1. The molecule has 1 amide bonds. The molecule has 3 rings (SSSR count). The molecule has 1 saturated heterocycles. The molecule has 0 spiro atoms. The van der Waals surface area contributed by atoms with Gasteiger partial charge in [-0.3, -0.25) is 4.79 Å². The van der Waals surface area contributed by atoms with E-state index < -0.39 is 0 Å². The molecule has 2 aromatic heterocycles. The fraction of sp³-hybridized carbons (Fsp3) is 0.529. The lowest BCUT2D eigenvalue weighted by Gasteiger charge is -2.25. The quantitative estimate of drug-likeness (QED) is 0.876. The molecule has 0 radical (unpaired) electrons. The van der Waals surface area contributed by atoms with Crippen LogP contribution in [-0.4, -0.2) is 39.5 Å². The number of hydrogen-bond acceptors (Lipinski definition) is 6. The van der Waals surface area contributed by atoms with Gasteiger partial charge >= 0.3 is 0 Å². The van der Waals surface area contributed by atoms with E-state index in [2.05, 4.69) is 20.4 Å². The Morgan fingerprint density at radius 2 is 2.38 bits per heavy atom. The Hall–Kier alpha value is -2.44. The lowest BCUT2D eigenvalue weighted by Crippen LogP contribution is -2.30. The Morgan fingerprint density at radius 3 is 3.12 bits per heavy atom. The number of nitrogens with one attached hydrogen (secondary N) is 1. The molecule has 0 aromatic carbocycles. The van der Waals surface area contributed by atoms with Crippen LogP contribution in [0, 0.1) is 0 Å². The number of aryl methyl sites for hydroxylation is 2. The van der Waals surface area contributed by atoms with Gasteiger partial charge in [-0.05, 0) is 30.5 Å². The minimum Gasteiger partial charge on any atom is -0.373 e. The average Bonchev–Trinajstić information content (AvgIpc) is 3.28. The van der Waals surface area contributed by atoms with Crippen LogP contribution in [0.15, 0.2) is 22.9 Å². The Bertz CT molecular complexity index is 700. The summed E-state index contributed by atoms with van der Waals surface area (Å²) in [5, 5.41) is 6.91. The molecule has 1 fully saturated rings. The molecule has 2 aromatic rings. The minimum absolute atomic E-state index is 0.126. The Balaban J connectivity index is 1.64. The van der Waals surface area contributed by atoms with Gasteiger partial charge < -0.3 is 14.7 Å². The molecule has 7 nitrogen and oxygen atoms in total. The Labute approximate surface area is 141 Å². The highest BCUT2D eigenvalue weighted by molar-refractivity contribution is 5.77. The predicted molar refractivity (Wildman–Crippen MR) is 89.5 cm³/mol. The first kappa shape index (κ1) is 16.4. The first-order chi connectivity index (χ1) is 11.7. The highest BCUT2D eigenvalue weighted by Crippen LogP contribution is 2.33. The summed E-state index contributed by atoms with van der Waals surface area (Å²) in [5.74, 6) is 2.19. The molecule has 3 heterocycles. The third-order valence-corrected chi connectivity index (χ3v) is 4.38. The molecule has 1 N–H and O–H groups in total. The summed E-state index contributed by atoms with van der Waals surface area (Å²) in [6.45, 7) is 2.77. The van der Waals surface area contributed by atoms with Gasteiger partial charge in [-0.15, -0.1) is 0 Å². The second-order valence-electron chi connectivity index (χ2n) is 5.93. The van der Waals surface area contributed by atoms with Crippen molar-refractivity contribution in [1.29, 1.82) is 0 Å². The first-order valence-electron chi connectivity index (χ1n) is 8.46. The van der Waals surface area contributed by atoms with Crippen molar-refractivity contribution >= 4 is 11.7 Å². The fourth-order valence-corrected chi connectivity index (χ4v) is 3.10. The second-order valence-corrected chi connectivity index (χ2v) is 5.93. The molecule has 128 valence electrons. The van der Waals surface area contributed by atoms with E-state index in [-0.39, 0.29) is 11.9 Å². The highest BCUT2D eigenvalue weighted by Gasteiger charge is 2.30. The van der Waals surface area contributed by atoms with Crippen molar-refractivity contribution in [3.8, 4) is 0 Å². The van der Waals surface area contributed by atoms with Crippen LogP contribution in [-0.2, 0) is 17.6 Å². The maximum absolute atomic E-state index is 12.6. The molecular formula is C17H23N5O2. The third-order valence-electron chi connectivity index (χ3n) is 4.38. The summed E-state index contributed by atoms with van der Waals surface area (Å²) in [6.07, 6.45) is 5.42. The number of nitrogens with zero attached hydrogens (tertiary/aromatic N) is 4. The lowest BCUT2D eigenvalue weighted by atomic mass is 10.1. The van der Waals surface area contributed by atoms with Crippen LogP contribution in [0.3, 0.4) is 0 Å². The fourth-order valence-electron chi connectivity index (χ4n) is 3.10. The van der Waals surface area contributed by atoms with Crippen LogP contribution in [0.1, 0.15) is 49.5 Å². The van der Waals surface area contributed by atoms with Crippen molar-refractivity contribution in [2.24, 2.45) is 0 Å². The van der Waals surface area contributed by atoms with Gasteiger partial charge in [0, 0.05) is 39.1 Å². The lowest BCUT2D eigenvalue weighted by molar-refractivity contribution is -0.132. The average molecular weight is 329 g/mol. The number of anilines is 1. The molecule has 1 aliphatic rings. The normalized spacial score (nSPS) is 17.2. The SMILES string of the molecule is CCc1noc(CCC(=O)N2CCCC2c2ccnc(NC)c2)n1. The van der Waals surface area contributed by atoms with Crippen molar-refractivity contribution in [3.63, 3.8) is 0 Å². The topological polar surface area (TPSA) is 84.2 Å². The summed E-state index contributed by atoms with van der Waals surface area (Å²) >= 11 is 0. The summed E-state index contributed by atoms with van der Waals surface area (Å²) < 4.78 is 5.16. The van der Waals surface area contributed by atoms with Crippen molar-refractivity contribution in [2.45, 2.75) is 45.1 Å². The van der Waals surface area contributed by atoms with E-state index in [0.29, 0.717) is 24.6 Å². The molecule has 1 unspecified atom stereocenters. The Kier molecular flexibility index (Phi) is 5.08. The van der Waals surface area contributed by atoms with E-state index in [1.807, 2.05) is 31.0 Å². The van der Waals surface area contributed by atoms with Crippen LogP contribution in [0.25, 0.3) is 0 Å². The third kappa shape index (κ3) is 3.55. The summed E-state index contributed by atoms with van der Waals surface area (Å²) in [4.78, 5) is 23.1. The van der Waals surface area contributed by atoms with Gasteiger partial charge in [-0.1, -0.05) is 12.1 Å². The zero-order chi connectivity index (χ0) is 16.9. The molecule has 0 bridgehead atoms. The van der Waals surface area contributed by atoms with Crippen LogP contribution in [0.5, 0.6) is 0 Å². The van der Waals surface area contributed by atoms with E-state index in [1.54, 1.807) is 6.20 Å². The van der Waals surface area contributed by atoms with Gasteiger partial charge in [-0.2, -0.15) is 4.98 Å². The molecule has 0 aliphatic carbocycles. The zero-order valence-electron chi connectivity index (χ0n) is 14.2. The van der Waals surface area contributed by atoms with Gasteiger partial charge in [0.2, 0.25) is 11.8 Å². The van der Waals surface area contributed by atoms with Gasteiger partial charge in [0.25, 0.3) is 0 Å². The zero-order valence-corrected chi connectivity index (χ0v) is 14.2. The molecule has 24 heavy (non-hydrogen) atoms. The predicted octanol–water partition coefficient (Wildman–Crippen LogP) is 2.37. The van der Waals surface area contributed by atoms with E-state index in [1.165, 1.54) is 0 Å². The van der Waals surface area contributed by atoms with Gasteiger partial charge in [0.15, 0.2) is 5.82 Å². The molecule has 0 saturated carbocycles. The number of aromatic nitrogens is 3. The van der Waals surface area contributed by atoms with E-state index in [0.717, 1.165) is 37.2 Å². The van der Waals surface area contributed by atoms with E-state index in [4.69, 9.17) is 4.52 Å². The van der Waals surface area contributed by atoms with Gasteiger partial charge in [0.05, 0.1) is 6.04 Å². The summed E-state index contributed by atoms with van der Waals surface area (Å²) in [5.41, 5.74) is 1.13. The van der Waals surface area contributed by atoms with Gasteiger partial charge in [-0.25, -0.2) is 4.98 Å². The van der Waals surface area contributed by atoms with Crippen molar-refractivity contribution in [1.82, 2.24) is 20.0 Å². The van der Waals surface area contributed by atoms with Gasteiger partial charge in [0.1, 0.15) is 5.82 Å². The highest BCUT2D eigenvalue weighted by atomic mass is 16.5. The smallest absolute Gasteiger partial charge is 0.227 e. The Morgan fingerprint density at radius 1 is 1.50 bits per heavy atom. The maximum Gasteiger partial charge on any atom is 0.227 e. The molecule has 7 heteroatoms. The number of hydrogen-bond donors (Lipinski definition) is 1. The number of carbonyl (C=O) groups is 1. The van der Waals surface area contributed by atoms with Crippen LogP contribution in [0.2, 0.25) is 0 Å². The standard InChI is InChI=1S/C17H23N5O2/c1-3-14-20-16(24-21-14)6-7-17(23)22-10-4-5-13(22)12-8-9-19-15(11-12)18-2/h8-9,11,13H,3-7,10H2,1-2H3,(H,18,19). The largest absolute Gasteiger partial charge is 0.373 e. The number of carbonyl (C=O) groups excluding carboxylic acids is 1. The minimum atomic E-state index is 0.126. The van der Waals surface area contributed by atoms with E-state index in [9.17, 15) is 4.79 Å². The molecule has 1 atom stereocenters. The van der Waals surface area contributed by atoms with Crippen LogP contribution in [0.4, 0.5) is 5.82 Å². The second kappa shape index (κ2) is 7.42. The van der Waals surface area contributed by atoms with Crippen LogP contribution < -0.4 is 5.32 Å². The number of amides is 1. The van der Waals surface area contributed by atoms with Crippen molar-refractivity contribution < 1.29 is 9.32 Å². The van der Waals surface area contributed by atoms with Crippen molar-refractivity contribution in [2.75, 3.05) is 18.9 Å².